The molecule has 1 aromatic heterocycles. The van der Waals surface area contributed by atoms with E-state index < -0.39 is 6.10 Å². The Hall–Kier alpha value is -1.35. The van der Waals surface area contributed by atoms with Crippen LogP contribution >= 0.6 is 0 Å². The van der Waals surface area contributed by atoms with Gasteiger partial charge in [-0.2, -0.15) is 0 Å². The van der Waals surface area contributed by atoms with Gasteiger partial charge in [0.1, 0.15) is 11.9 Å². The molecule has 0 spiro atoms. The van der Waals surface area contributed by atoms with Crippen LogP contribution in [-0.2, 0) is 0 Å². The zero-order valence-corrected chi connectivity index (χ0v) is 11.2. The van der Waals surface area contributed by atoms with Crippen LogP contribution in [0.2, 0.25) is 0 Å². The van der Waals surface area contributed by atoms with Gasteiger partial charge in [-0.05, 0) is 25.0 Å². The van der Waals surface area contributed by atoms with Crippen LogP contribution in [0.25, 0.3) is 11.0 Å². The van der Waals surface area contributed by atoms with Gasteiger partial charge in [0.15, 0.2) is 11.4 Å². The zero-order valence-electron chi connectivity index (χ0n) is 11.2. The molecule has 2 aromatic rings. The van der Waals surface area contributed by atoms with E-state index in [2.05, 4.69) is 6.92 Å². The lowest BCUT2D eigenvalue weighted by molar-refractivity contribution is -0.00532. The van der Waals surface area contributed by atoms with Crippen molar-refractivity contribution < 1.29 is 13.9 Å². The topological polar surface area (TPSA) is 33.4 Å². The number of fused-ring (bicyclic) bond motifs is 1. The molecule has 2 nitrogen and oxygen atoms in total. The van der Waals surface area contributed by atoms with Gasteiger partial charge in [-0.15, -0.1) is 0 Å². The second kappa shape index (κ2) is 4.64. The number of halogens is 1. The molecule has 1 heterocycles. The Labute approximate surface area is 112 Å². The summed E-state index contributed by atoms with van der Waals surface area (Å²) in [7, 11) is 0. The first kappa shape index (κ1) is 12.7. The molecule has 0 saturated heterocycles. The summed E-state index contributed by atoms with van der Waals surface area (Å²) in [5, 5.41) is 11.3. The highest BCUT2D eigenvalue weighted by molar-refractivity contribution is 5.78. The summed E-state index contributed by atoms with van der Waals surface area (Å²) in [4.78, 5) is 0. The molecule has 1 unspecified atom stereocenters. The fourth-order valence-electron chi connectivity index (χ4n) is 3.16. The molecule has 3 rings (SSSR count). The maximum Gasteiger partial charge on any atom is 0.170 e. The quantitative estimate of drug-likeness (QED) is 0.859. The van der Waals surface area contributed by atoms with Crippen molar-refractivity contribution in [3.8, 4) is 0 Å². The monoisotopic (exact) mass is 262 g/mol. The van der Waals surface area contributed by atoms with Gasteiger partial charge in [0.05, 0.1) is 0 Å². The normalized spacial score (nSPS) is 20.6. The first-order valence-corrected chi connectivity index (χ1v) is 6.96. The summed E-state index contributed by atoms with van der Waals surface area (Å²) in [6.45, 7) is 2.10. The molecule has 1 aliphatic carbocycles. The van der Waals surface area contributed by atoms with E-state index in [0.29, 0.717) is 11.1 Å². The van der Waals surface area contributed by atoms with Crippen LogP contribution in [-0.4, -0.2) is 5.11 Å². The highest BCUT2D eigenvalue weighted by Crippen LogP contribution is 2.46. The number of hydrogen-bond acceptors (Lipinski definition) is 2. The second-order valence-corrected chi connectivity index (χ2v) is 5.92. The molecule has 1 N–H and O–H groups in total. The number of benzene rings is 1. The highest BCUT2D eigenvalue weighted by atomic mass is 19.1. The van der Waals surface area contributed by atoms with Crippen molar-refractivity contribution in [3.63, 3.8) is 0 Å². The van der Waals surface area contributed by atoms with E-state index in [1.807, 2.05) is 0 Å². The van der Waals surface area contributed by atoms with Crippen molar-refractivity contribution in [2.45, 2.75) is 45.1 Å². The summed E-state index contributed by atoms with van der Waals surface area (Å²) in [6.07, 6.45) is 4.85. The van der Waals surface area contributed by atoms with Crippen LogP contribution in [0.3, 0.4) is 0 Å². The fraction of sp³-hybridized carbons (Fsp3) is 0.500. The van der Waals surface area contributed by atoms with Crippen molar-refractivity contribution in [1.82, 2.24) is 0 Å². The van der Waals surface area contributed by atoms with Gasteiger partial charge < -0.3 is 9.52 Å². The maximum atomic E-state index is 13.6. The SMILES string of the molecule is CC1(C(O)c2cc3cccc(F)c3o2)CCCCC1. The van der Waals surface area contributed by atoms with Gasteiger partial charge >= 0.3 is 0 Å². The van der Waals surface area contributed by atoms with Crippen molar-refractivity contribution in [2.24, 2.45) is 5.41 Å². The first-order valence-electron chi connectivity index (χ1n) is 6.96. The molecular formula is C16H19FO2. The lowest BCUT2D eigenvalue weighted by atomic mass is 9.71. The molecule has 1 aliphatic rings. The summed E-state index contributed by atoms with van der Waals surface area (Å²) in [5.74, 6) is 0.120. The minimum atomic E-state index is -0.653. The van der Waals surface area contributed by atoms with E-state index in [1.54, 1.807) is 18.2 Å². The average molecular weight is 262 g/mol. The number of aliphatic hydroxyl groups excluding tert-OH is 1. The molecule has 1 saturated carbocycles. The van der Waals surface area contributed by atoms with E-state index >= 15 is 0 Å². The number of aliphatic hydroxyl groups is 1. The Morgan fingerprint density at radius 1 is 1.26 bits per heavy atom. The van der Waals surface area contributed by atoms with Gasteiger partial charge in [0.2, 0.25) is 0 Å². The molecule has 0 bridgehead atoms. The second-order valence-electron chi connectivity index (χ2n) is 5.92. The lowest BCUT2D eigenvalue weighted by Gasteiger charge is -2.36. The molecule has 3 heteroatoms. The molecule has 1 aromatic carbocycles. The van der Waals surface area contributed by atoms with Crippen molar-refractivity contribution >= 4 is 11.0 Å². The van der Waals surface area contributed by atoms with E-state index in [1.165, 1.54) is 12.5 Å². The number of rotatable bonds is 2. The third-order valence-electron chi connectivity index (χ3n) is 4.44. The molecule has 19 heavy (non-hydrogen) atoms. The molecule has 0 radical (unpaired) electrons. The smallest absolute Gasteiger partial charge is 0.170 e. The zero-order chi connectivity index (χ0) is 13.5. The molecule has 1 atom stereocenters. The van der Waals surface area contributed by atoms with Crippen LogP contribution in [0.4, 0.5) is 4.39 Å². The standard InChI is InChI=1S/C16H19FO2/c1-16(8-3-2-4-9-16)15(18)13-10-11-6-5-7-12(17)14(11)19-13/h5-7,10,15,18H,2-4,8-9H2,1H3. The number of para-hydroxylation sites is 1. The van der Waals surface area contributed by atoms with Crippen molar-refractivity contribution in [2.75, 3.05) is 0 Å². The van der Waals surface area contributed by atoms with Gasteiger partial charge in [-0.3, -0.25) is 0 Å². The third-order valence-corrected chi connectivity index (χ3v) is 4.44. The molecule has 0 aliphatic heterocycles. The first-order chi connectivity index (χ1) is 9.10. The fourth-order valence-corrected chi connectivity index (χ4v) is 3.16. The predicted octanol–water partition coefficient (Wildman–Crippen LogP) is 4.58. The molecule has 102 valence electrons. The van der Waals surface area contributed by atoms with Gasteiger partial charge in [0.25, 0.3) is 0 Å². The summed E-state index contributed by atoms with van der Waals surface area (Å²) < 4.78 is 19.2. The van der Waals surface area contributed by atoms with Gasteiger partial charge in [-0.25, -0.2) is 4.39 Å². The van der Waals surface area contributed by atoms with E-state index in [-0.39, 0.29) is 16.8 Å². The van der Waals surface area contributed by atoms with E-state index in [0.717, 1.165) is 25.7 Å². The predicted molar refractivity (Wildman–Crippen MR) is 72.3 cm³/mol. The Morgan fingerprint density at radius 3 is 2.68 bits per heavy atom. The number of furan rings is 1. The summed E-state index contributed by atoms with van der Waals surface area (Å²) in [6, 6.07) is 6.61. The van der Waals surface area contributed by atoms with E-state index in [9.17, 15) is 9.50 Å². The third kappa shape index (κ3) is 2.16. The largest absolute Gasteiger partial charge is 0.455 e. The molecular weight excluding hydrogens is 243 g/mol. The van der Waals surface area contributed by atoms with Crippen molar-refractivity contribution in [1.29, 1.82) is 0 Å². The maximum absolute atomic E-state index is 13.6. The number of hydrogen-bond donors (Lipinski definition) is 1. The Balaban J connectivity index is 1.97. The lowest BCUT2D eigenvalue weighted by Crippen LogP contribution is -2.27. The summed E-state index contributed by atoms with van der Waals surface area (Å²) >= 11 is 0. The Morgan fingerprint density at radius 2 is 2.00 bits per heavy atom. The van der Waals surface area contributed by atoms with Gasteiger partial charge in [0, 0.05) is 10.8 Å². The minimum Gasteiger partial charge on any atom is -0.455 e. The highest BCUT2D eigenvalue weighted by Gasteiger charge is 2.37. The van der Waals surface area contributed by atoms with Crippen molar-refractivity contribution in [3.05, 3.63) is 35.8 Å². The summed E-state index contributed by atoms with van der Waals surface area (Å²) in [5.41, 5.74) is 0.0961. The van der Waals surface area contributed by atoms with Crippen LogP contribution in [0.5, 0.6) is 0 Å². The van der Waals surface area contributed by atoms with Crippen LogP contribution in [0, 0.1) is 11.2 Å². The Kier molecular flexibility index (Phi) is 3.09. The Bertz CT molecular complexity index is 581. The molecule has 0 amide bonds. The van der Waals surface area contributed by atoms with Crippen LogP contribution in [0.15, 0.2) is 28.7 Å². The molecule has 1 fully saturated rings. The van der Waals surface area contributed by atoms with Gasteiger partial charge in [-0.1, -0.05) is 38.3 Å². The average Bonchev–Trinajstić information content (AvgIpc) is 2.84. The van der Waals surface area contributed by atoms with E-state index in [4.69, 9.17) is 4.42 Å². The van der Waals surface area contributed by atoms with Crippen LogP contribution in [0.1, 0.15) is 50.9 Å². The minimum absolute atomic E-state index is 0.150. The van der Waals surface area contributed by atoms with Crippen LogP contribution < -0.4 is 0 Å².